The van der Waals surface area contributed by atoms with Gasteiger partial charge in [-0.3, -0.25) is 4.79 Å². The monoisotopic (exact) mass is 479 g/mol. The van der Waals surface area contributed by atoms with Crippen LogP contribution in [0.5, 0.6) is 0 Å². The van der Waals surface area contributed by atoms with Crippen LogP contribution < -0.4 is 10.2 Å². The number of anilines is 2. The third-order valence-corrected chi connectivity index (χ3v) is 5.82. The van der Waals surface area contributed by atoms with Gasteiger partial charge >= 0.3 is 0 Å². The number of benzene rings is 2. The lowest BCUT2D eigenvalue weighted by molar-refractivity contribution is -0.113. The Balaban J connectivity index is 1.67. The van der Waals surface area contributed by atoms with E-state index in [1.54, 1.807) is 12.1 Å². The van der Waals surface area contributed by atoms with Crippen molar-refractivity contribution in [3.63, 3.8) is 0 Å². The lowest BCUT2D eigenvalue weighted by Crippen LogP contribution is -2.14. The van der Waals surface area contributed by atoms with Gasteiger partial charge in [0.05, 0.1) is 16.5 Å². The predicted octanol–water partition coefficient (Wildman–Crippen LogP) is 4.69. The van der Waals surface area contributed by atoms with Gasteiger partial charge in [-0.2, -0.15) is 0 Å². The Morgan fingerprint density at radius 1 is 1.25 bits per heavy atom. The van der Waals surface area contributed by atoms with Crippen LogP contribution in [0.1, 0.15) is 0 Å². The number of carbonyl (C=O) groups is 1. The summed E-state index contributed by atoms with van der Waals surface area (Å²) in [6, 6.07) is 13.4. The summed E-state index contributed by atoms with van der Waals surface area (Å²) < 4.78 is 2.74. The molecular weight excluding hydrogens is 462 g/mol. The van der Waals surface area contributed by atoms with E-state index in [0.29, 0.717) is 15.9 Å². The zero-order valence-electron chi connectivity index (χ0n) is 15.6. The quantitative estimate of drug-likeness (QED) is 0.518. The van der Waals surface area contributed by atoms with Gasteiger partial charge in [0.25, 0.3) is 0 Å². The number of rotatable bonds is 6. The van der Waals surface area contributed by atoms with Crippen LogP contribution in [0.3, 0.4) is 0 Å². The number of hydrogen-bond donors (Lipinski definition) is 1. The average Bonchev–Trinajstić information content (AvgIpc) is 3.03. The normalized spacial score (nSPS) is 10.8. The molecule has 0 saturated carbocycles. The molecule has 6 nitrogen and oxygen atoms in total. The molecule has 0 aliphatic heterocycles. The molecule has 9 heteroatoms. The van der Waals surface area contributed by atoms with Gasteiger partial charge in [-0.05, 0) is 30.3 Å². The van der Waals surface area contributed by atoms with Gasteiger partial charge < -0.3 is 14.8 Å². The van der Waals surface area contributed by atoms with Crippen molar-refractivity contribution in [2.75, 3.05) is 30.1 Å². The van der Waals surface area contributed by atoms with Crippen LogP contribution in [0.4, 0.5) is 11.4 Å². The summed E-state index contributed by atoms with van der Waals surface area (Å²) in [6.07, 6.45) is 0. The summed E-state index contributed by atoms with van der Waals surface area (Å²) in [4.78, 5) is 14.3. The molecule has 0 saturated heterocycles. The van der Waals surface area contributed by atoms with Crippen LogP contribution in [0, 0.1) is 0 Å². The minimum atomic E-state index is -0.159. The molecular formula is C19H19BrClN5OS. The van der Waals surface area contributed by atoms with E-state index in [1.165, 1.54) is 11.8 Å². The molecule has 1 amide bonds. The van der Waals surface area contributed by atoms with E-state index in [0.717, 1.165) is 21.5 Å². The topological polar surface area (TPSA) is 63.1 Å². The van der Waals surface area contributed by atoms with E-state index < -0.39 is 0 Å². The SMILES string of the molecule is CN(C)c1cccc(-c2nnc(SCC(=O)Nc3ccc(Br)cc3Cl)n2C)c1. The number of nitrogens with zero attached hydrogens (tertiary/aromatic N) is 4. The molecule has 0 radical (unpaired) electrons. The second-order valence-corrected chi connectivity index (χ2v) is 8.54. The molecule has 2 aromatic carbocycles. The van der Waals surface area contributed by atoms with Crippen LogP contribution in [0.15, 0.2) is 52.1 Å². The van der Waals surface area contributed by atoms with Crippen LogP contribution in [-0.2, 0) is 11.8 Å². The molecule has 0 atom stereocenters. The van der Waals surface area contributed by atoms with Crippen molar-refractivity contribution in [1.82, 2.24) is 14.8 Å². The fourth-order valence-electron chi connectivity index (χ4n) is 2.52. The molecule has 1 aromatic heterocycles. The van der Waals surface area contributed by atoms with Crippen molar-refractivity contribution in [3.05, 3.63) is 52.0 Å². The molecule has 0 aliphatic carbocycles. The Kier molecular flexibility index (Phi) is 6.64. The molecule has 146 valence electrons. The molecule has 0 aliphatic rings. The Morgan fingerprint density at radius 2 is 2.04 bits per heavy atom. The maximum Gasteiger partial charge on any atom is 0.234 e. The van der Waals surface area contributed by atoms with E-state index >= 15 is 0 Å². The first-order valence-corrected chi connectivity index (χ1v) is 10.6. The Bertz CT molecular complexity index is 1010. The van der Waals surface area contributed by atoms with Gasteiger partial charge in [-0.25, -0.2) is 0 Å². The lowest BCUT2D eigenvalue weighted by atomic mass is 10.2. The van der Waals surface area contributed by atoms with Crippen LogP contribution in [0.2, 0.25) is 5.02 Å². The van der Waals surface area contributed by atoms with Crippen molar-refractivity contribution in [3.8, 4) is 11.4 Å². The number of hydrogen-bond acceptors (Lipinski definition) is 5. The third kappa shape index (κ3) is 4.87. The second-order valence-electron chi connectivity index (χ2n) is 6.27. The Morgan fingerprint density at radius 3 is 2.75 bits per heavy atom. The van der Waals surface area contributed by atoms with E-state index in [1.807, 2.05) is 54.9 Å². The molecule has 1 heterocycles. The molecule has 0 fully saturated rings. The summed E-state index contributed by atoms with van der Waals surface area (Å²) in [5.41, 5.74) is 2.63. The van der Waals surface area contributed by atoms with Gasteiger partial charge in [0.1, 0.15) is 0 Å². The van der Waals surface area contributed by atoms with Crippen LogP contribution in [-0.4, -0.2) is 40.5 Å². The smallest absolute Gasteiger partial charge is 0.234 e. The predicted molar refractivity (Wildman–Crippen MR) is 119 cm³/mol. The van der Waals surface area contributed by atoms with Gasteiger partial charge in [-0.15, -0.1) is 10.2 Å². The number of nitrogens with one attached hydrogen (secondary N) is 1. The highest BCUT2D eigenvalue weighted by molar-refractivity contribution is 9.10. The van der Waals surface area contributed by atoms with E-state index in [2.05, 4.69) is 37.5 Å². The third-order valence-electron chi connectivity index (χ3n) is 3.99. The largest absolute Gasteiger partial charge is 0.378 e. The second kappa shape index (κ2) is 8.98. The minimum Gasteiger partial charge on any atom is -0.378 e. The molecule has 1 N–H and O–H groups in total. The summed E-state index contributed by atoms with van der Waals surface area (Å²) in [5.74, 6) is 0.798. The number of amides is 1. The first kappa shape index (κ1) is 20.7. The maximum absolute atomic E-state index is 12.3. The molecule has 0 spiro atoms. The zero-order valence-corrected chi connectivity index (χ0v) is 18.8. The Labute approximate surface area is 181 Å². The highest BCUT2D eigenvalue weighted by Crippen LogP contribution is 2.27. The fourth-order valence-corrected chi connectivity index (χ4v) is 3.95. The highest BCUT2D eigenvalue weighted by Gasteiger charge is 2.14. The number of halogens is 2. The van der Waals surface area contributed by atoms with Crippen molar-refractivity contribution in [1.29, 1.82) is 0 Å². The fraction of sp³-hybridized carbons (Fsp3) is 0.211. The van der Waals surface area contributed by atoms with Crippen molar-refractivity contribution < 1.29 is 4.79 Å². The van der Waals surface area contributed by atoms with Gasteiger partial charge in [0, 0.05) is 36.9 Å². The summed E-state index contributed by atoms with van der Waals surface area (Å²) >= 11 is 10.8. The van der Waals surface area contributed by atoms with Crippen LogP contribution in [0.25, 0.3) is 11.4 Å². The number of carbonyl (C=O) groups excluding carboxylic acids is 1. The number of aromatic nitrogens is 3. The number of thioether (sulfide) groups is 1. The van der Waals surface area contributed by atoms with Gasteiger partial charge in [-0.1, -0.05) is 51.4 Å². The summed E-state index contributed by atoms with van der Waals surface area (Å²) in [6.45, 7) is 0. The van der Waals surface area contributed by atoms with Crippen molar-refractivity contribution in [2.24, 2.45) is 7.05 Å². The lowest BCUT2D eigenvalue weighted by Gasteiger charge is -2.13. The molecule has 0 unspecified atom stereocenters. The van der Waals surface area contributed by atoms with Crippen molar-refractivity contribution in [2.45, 2.75) is 5.16 Å². The van der Waals surface area contributed by atoms with E-state index in [9.17, 15) is 4.79 Å². The van der Waals surface area contributed by atoms with Gasteiger partial charge in [0.15, 0.2) is 11.0 Å². The first-order valence-electron chi connectivity index (χ1n) is 8.40. The highest BCUT2D eigenvalue weighted by atomic mass is 79.9. The molecule has 3 rings (SSSR count). The minimum absolute atomic E-state index is 0.159. The standard InChI is InChI=1S/C19H19BrClN5OS/c1-25(2)14-6-4-5-12(9-14)18-23-24-19(26(18)3)28-11-17(27)22-16-8-7-13(20)10-15(16)21/h4-10H,11H2,1-3H3,(H,22,27). The maximum atomic E-state index is 12.3. The molecule has 0 bridgehead atoms. The van der Waals surface area contributed by atoms with Gasteiger partial charge in [0.2, 0.25) is 5.91 Å². The summed E-state index contributed by atoms with van der Waals surface area (Å²) in [7, 11) is 5.88. The zero-order chi connectivity index (χ0) is 20.3. The Hall–Kier alpha value is -2.03. The summed E-state index contributed by atoms with van der Waals surface area (Å²) in [5, 5.41) is 12.5. The van der Waals surface area contributed by atoms with E-state index in [4.69, 9.17) is 11.6 Å². The molecule has 28 heavy (non-hydrogen) atoms. The average molecular weight is 481 g/mol. The van der Waals surface area contributed by atoms with Crippen LogP contribution >= 0.6 is 39.3 Å². The van der Waals surface area contributed by atoms with Crippen molar-refractivity contribution >= 4 is 56.6 Å². The first-order chi connectivity index (χ1) is 13.3. The van der Waals surface area contributed by atoms with E-state index in [-0.39, 0.29) is 11.7 Å². The molecule has 3 aromatic rings.